The molecule has 0 aromatic heterocycles. The van der Waals surface area contributed by atoms with Crippen LogP contribution in [0.3, 0.4) is 0 Å². The number of hydrogen-bond acceptors (Lipinski definition) is 2. The smallest absolute Gasteiger partial charge is 0.226 e. The molecule has 0 aromatic rings. The van der Waals surface area contributed by atoms with Crippen molar-refractivity contribution in [2.24, 2.45) is 11.3 Å². The van der Waals surface area contributed by atoms with Gasteiger partial charge in [0.2, 0.25) is 5.91 Å². The molecule has 0 spiro atoms. The first-order valence-corrected chi connectivity index (χ1v) is 5.18. The van der Waals surface area contributed by atoms with Crippen LogP contribution < -0.4 is 0 Å². The number of carbonyl (C=O) groups excluding carboxylic acids is 1. The zero-order valence-electron chi connectivity index (χ0n) is 9.83. The summed E-state index contributed by atoms with van der Waals surface area (Å²) in [5.74, 6) is 0.291. The topological polar surface area (TPSA) is 29.5 Å². The van der Waals surface area contributed by atoms with Crippen LogP contribution in [0.15, 0.2) is 0 Å². The van der Waals surface area contributed by atoms with Gasteiger partial charge in [-0.15, -0.1) is 0 Å². The minimum Gasteiger partial charge on any atom is -0.377 e. The predicted molar refractivity (Wildman–Crippen MR) is 56.0 cm³/mol. The van der Waals surface area contributed by atoms with E-state index in [1.54, 1.807) is 0 Å². The summed E-state index contributed by atoms with van der Waals surface area (Å²) in [6, 6.07) is 0.298. The molecule has 3 heteroatoms. The Labute approximate surface area is 86.4 Å². The molecule has 1 amide bonds. The fourth-order valence-corrected chi connectivity index (χ4v) is 1.30. The molecule has 1 heterocycles. The summed E-state index contributed by atoms with van der Waals surface area (Å²) in [5.41, 5.74) is 0.0376. The van der Waals surface area contributed by atoms with E-state index in [1.807, 2.05) is 18.9 Å². The number of amides is 1. The lowest BCUT2D eigenvalue weighted by Crippen LogP contribution is -2.52. The van der Waals surface area contributed by atoms with Crippen molar-refractivity contribution in [2.75, 3.05) is 20.3 Å². The van der Waals surface area contributed by atoms with Crippen LogP contribution in [0.4, 0.5) is 0 Å². The van der Waals surface area contributed by atoms with Crippen molar-refractivity contribution in [2.45, 2.75) is 33.7 Å². The maximum absolute atomic E-state index is 12.0. The maximum Gasteiger partial charge on any atom is 0.226 e. The highest BCUT2D eigenvalue weighted by Gasteiger charge is 2.34. The molecule has 0 aromatic carbocycles. The average Bonchev–Trinajstić information content (AvgIpc) is 1.96. The van der Waals surface area contributed by atoms with Crippen LogP contribution >= 0.6 is 0 Å². The van der Waals surface area contributed by atoms with Crippen LogP contribution in [0.1, 0.15) is 27.7 Å². The Morgan fingerprint density at radius 1 is 1.43 bits per heavy atom. The van der Waals surface area contributed by atoms with Crippen LogP contribution in [-0.2, 0) is 9.53 Å². The Kier molecular flexibility index (Phi) is 3.20. The Morgan fingerprint density at radius 3 is 2.21 bits per heavy atom. The first-order valence-electron chi connectivity index (χ1n) is 5.18. The third-order valence-corrected chi connectivity index (χ3v) is 3.19. The standard InChI is InChI=1S/C11H21NO2/c1-8(11(2,3)4)10(13)12(5)9-6-14-7-9/h8-9H,6-7H2,1-5H3. The van der Waals surface area contributed by atoms with Crippen LogP contribution in [-0.4, -0.2) is 37.1 Å². The Morgan fingerprint density at radius 2 is 1.93 bits per heavy atom. The zero-order chi connectivity index (χ0) is 10.9. The van der Waals surface area contributed by atoms with Gasteiger partial charge in [-0.05, 0) is 5.41 Å². The highest BCUT2D eigenvalue weighted by atomic mass is 16.5. The Hall–Kier alpha value is -0.570. The summed E-state index contributed by atoms with van der Waals surface area (Å²) in [7, 11) is 1.87. The van der Waals surface area contributed by atoms with Gasteiger partial charge in [-0.25, -0.2) is 0 Å². The van der Waals surface area contributed by atoms with E-state index in [0.717, 1.165) is 0 Å². The average molecular weight is 199 g/mol. The second-order valence-corrected chi connectivity index (χ2v) is 5.23. The van der Waals surface area contributed by atoms with Crippen LogP contribution in [0.2, 0.25) is 0 Å². The largest absolute Gasteiger partial charge is 0.377 e. The van der Waals surface area contributed by atoms with E-state index in [1.165, 1.54) is 0 Å². The van der Waals surface area contributed by atoms with Crippen LogP contribution in [0, 0.1) is 11.3 Å². The first kappa shape index (κ1) is 11.5. The number of carbonyl (C=O) groups is 1. The van der Waals surface area contributed by atoms with Crippen LogP contribution in [0.5, 0.6) is 0 Å². The molecule has 1 atom stereocenters. The fraction of sp³-hybridized carbons (Fsp3) is 0.909. The van der Waals surface area contributed by atoms with Crippen molar-refractivity contribution in [1.29, 1.82) is 0 Å². The molecular weight excluding hydrogens is 178 g/mol. The number of nitrogens with zero attached hydrogens (tertiary/aromatic N) is 1. The summed E-state index contributed by atoms with van der Waals surface area (Å²) >= 11 is 0. The van der Waals surface area contributed by atoms with Gasteiger partial charge in [0.1, 0.15) is 0 Å². The van der Waals surface area contributed by atoms with Gasteiger partial charge in [-0.2, -0.15) is 0 Å². The van der Waals surface area contributed by atoms with E-state index in [-0.39, 0.29) is 17.2 Å². The van der Waals surface area contributed by atoms with Gasteiger partial charge < -0.3 is 9.64 Å². The summed E-state index contributed by atoms with van der Waals surface area (Å²) in [5, 5.41) is 0. The minimum absolute atomic E-state index is 0.0376. The third-order valence-electron chi connectivity index (χ3n) is 3.19. The first-order chi connectivity index (χ1) is 6.34. The van der Waals surface area contributed by atoms with Crippen molar-refractivity contribution < 1.29 is 9.53 Å². The number of rotatable bonds is 2. The van der Waals surface area contributed by atoms with E-state index < -0.39 is 0 Å². The van der Waals surface area contributed by atoms with E-state index in [0.29, 0.717) is 19.3 Å². The summed E-state index contributed by atoms with van der Waals surface area (Å²) in [6.07, 6.45) is 0. The van der Waals surface area contributed by atoms with Crippen molar-refractivity contribution in [3.05, 3.63) is 0 Å². The summed E-state index contributed by atoms with van der Waals surface area (Å²) < 4.78 is 5.08. The molecular formula is C11H21NO2. The fourth-order valence-electron chi connectivity index (χ4n) is 1.30. The summed E-state index contributed by atoms with van der Waals surface area (Å²) in [6.45, 7) is 9.68. The number of ether oxygens (including phenoxy) is 1. The molecule has 1 aliphatic rings. The lowest BCUT2D eigenvalue weighted by molar-refractivity contribution is -0.148. The van der Waals surface area contributed by atoms with Crippen molar-refractivity contribution in [3.8, 4) is 0 Å². The van der Waals surface area contributed by atoms with Gasteiger partial charge in [-0.1, -0.05) is 27.7 Å². The molecule has 1 saturated heterocycles. The SMILES string of the molecule is CC(C(=O)N(C)C1COC1)C(C)(C)C. The van der Waals surface area contributed by atoms with E-state index in [2.05, 4.69) is 20.8 Å². The van der Waals surface area contributed by atoms with Gasteiger partial charge >= 0.3 is 0 Å². The van der Waals surface area contributed by atoms with E-state index in [9.17, 15) is 4.79 Å². The van der Waals surface area contributed by atoms with E-state index in [4.69, 9.17) is 4.74 Å². The highest BCUT2D eigenvalue weighted by Crippen LogP contribution is 2.27. The minimum atomic E-state index is 0.0376. The molecule has 14 heavy (non-hydrogen) atoms. The zero-order valence-corrected chi connectivity index (χ0v) is 9.83. The molecule has 82 valence electrons. The Bertz CT molecular complexity index is 216. The van der Waals surface area contributed by atoms with Crippen molar-refractivity contribution in [3.63, 3.8) is 0 Å². The molecule has 3 nitrogen and oxygen atoms in total. The third kappa shape index (κ3) is 2.27. The van der Waals surface area contributed by atoms with Gasteiger partial charge in [-0.3, -0.25) is 4.79 Å². The maximum atomic E-state index is 12.0. The van der Waals surface area contributed by atoms with Gasteiger partial charge in [0.25, 0.3) is 0 Å². The number of hydrogen-bond donors (Lipinski definition) is 0. The summed E-state index contributed by atoms with van der Waals surface area (Å²) in [4.78, 5) is 13.8. The van der Waals surface area contributed by atoms with Crippen molar-refractivity contribution >= 4 is 5.91 Å². The monoisotopic (exact) mass is 199 g/mol. The second-order valence-electron chi connectivity index (χ2n) is 5.23. The van der Waals surface area contributed by atoms with Crippen LogP contribution in [0.25, 0.3) is 0 Å². The molecule has 0 radical (unpaired) electrons. The van der Waals surface area contributed by atoms with E-state index >= 15 is 0 Å². The van der Waals surface area contributed by atoms with Crippen molar-refractivity contribution in [1.82, 2.24) is 4.90 Å². The lowest BCUT2D eigenvalue weighted by Gasteiger charge is -2.38. The molecule has 0 N–H and O–H groups in total. The molecule has 1 fully saturated rings. The van der Waals surface area contributed by atoms with Gasteiger partial charge in [0.05, 0.1) is 19.3 Å². The second kappa shape index (κ2) is 3.89. The van der Waals surface area contributed by atoms with Gasteiger partial charge in [0, 0.05) is 13.0 Å². The Balaban J connectivity index is 2.55. The number of likely N-dealkylation sites (N-methyl/N-ethyl adjacent to an activating group) is 1. The molecule has 1 aliphatic heterocycles. The molecule has 0 saturated carbocycles. The highest BCUT2D eigenvalue weighted by molar-refractivity contribution is 5.79. The predicted octanol–water partition coefficient (Wildman–Crippen LogP) is 1.53. The van der Waals surface area contributed by atoms with Gasteiger partial charge in [0.15, 0.2) is 0 Å². The quantitative estimate of drug-likeness (QED) is 0.675. The molecule has 1 rings (SSSR count). The molecule has 1 unspecified atom stereocenters. The lowest BCUT2D eigenvalue weighted by atomic mass is 9.81. The normalized spacial score (nSPS) is 20.1. The molecule has 0 bridgehead atoms. The molecule has 0 aliphatic carbocycles.